The smallest absolute Gasteiger partial charge is 0.407 e. The topological polar surface area (TPSA) is 89.9 Å². The maximum Gasteiger partial charge on any atom is 0.407 e. The SMILES string of the molecule is CC(C)N(CC(C(=O)N1CCN(c2ncnc3c2[C@H](C)CC3)CC1)c1ccc(Cl)cc1)C(=O)O. The summed E-state index contributed by atoms with van der Waals surface area (Å²) in [6.07, 6.45) is 2.70. The minimum absolute atomic E-state index is 0.0600. The van der Waals surface area contributed by atoms with Gasteiger partial charge in [0.25, 0.3) is 0 Å². The van der Waals surface area contributed by atoms with E-state index in [-0.39, 0.29) is 18.5 Å². The molecule has 2 aromatic rings. The third kappa shape index (κ3) is 4.97. The highest BCUT2D eigenvalue weighted by Crippen LogP contribution is 2.37. The summed E-state index contributed by atoms with van der Waals surface area (Å²) in [5.41, 5.74) is 3.16. The van der Waals surface area contributed by atoms with Crippen LogP contribution in [0, 0.1) is 0 Å². The molecule has 0 radical (unpaired) electrons. The minimum atomic E-state index is -1.03. The molecule has 1 N–H and O–H groups in total. The summed E-state index contributed by atoms with van der Waals surface area (Å²) in [5, 5.41) is 10.3. The Bertz CT molecular complexity index is 1040. The van der Waals surface area contributed by atoms with Crippen molar-refractivity contribution in [1.29, 1.82) is 0 Å². The number of amides is 2. The highest BCUT2D eigenvalue weighted by Gasteiger charge is 2.34. The van der Waals surface area contributed by atoms with Crippen molar-refractivity contribution in [2.75, 3.05) is 37.6 Å². The number of carbonyl (C=O) groups excluding carboxylic acids is 1. The molecule has 1 aliphatic carbocycles. The number of rotatable bonds is 6. The number of carbonyl (C=O) groups is 2. The van der Waals surface area contributed by atoms with Crippen LogP contribution in [0.4, 0.5) is 10.6 Å². The van der Waals surface area contributed by atoms with Crippen LogP contribution in [0.2, 0.25) is 5.02 Å². The molecular formula is C25H32ClN5O3. The van der Waals surface area contributed by atoms with Gasteiger partial charge in [0.1, 0.15) is 12.1 Å². The van der Waals surface area contributed by atoms with Crippen LogP contribution in [-0.2, 0) is 11.2 Å². The second-order valence-corrected chi connectivity index (χ2v) is 9.88. The Morgan fingerprint density at radius 3 is 2.44 bits per heavy atom. The first-order chi connectivity index (χ1) is 16.3. The molecule has 2 heterocycles. The molecule has 1 aromatic heterocycles. The molecule has 34 heavy (non-hydrogen) atoms. The zero-order valence-electron chi connectivity index (χ0n) is 19.9. The first-order valence-corrected chi connectivity index (χ1v) is 12.3. The van der Waals surface area contributed by atoms with E-state index in [4.69, 9.17) is 11.6 Å². The summed E-state index contributed by atoms with van der Waals surface area (Å²) in [5.74, 6) is 0.784. The highest BCUT2D eigenvalue weighted by atomic mass is 35.5. The Balaban J connectivity index is 1.51. The standard InChI is InChI=1S/C25H32ClN5O3/c1-16(2)31(25(33)34)14-20(18-5-7-19(26)8-6-18)24(32)30-12-10-29(11-13-30)23-22-17(3)4-9-21(22)27-15-28-23/h5-8,15-17,20H,4,9-14H2,1-3H3,(H,33,34)/t17-,20?/m1/s1. The van der Waals surface area contributed by atoms with Crippen molar-refractivity contribution < 1.29 is 14.7 Å². The molecule has 4 rings (SSSR count). The predicted octanol–water partition coefficient (Wildman–Crippen LogP) is 4.00. The van der Waals surface area contributed by atoms with Crippen molar-refractivity contribution in [2.45, 2.75) is 51.5 Å². The van der Waals surface area contributed by atoms with E-state index in [2.05, 4.69) is 21.8 Å². The van der Waals surface area contributed by atoms with Gasteiger partial charge in [-0.1, -0.05) is 30.7 Å². The second-order valence-electron chi connectivity index (χ2n) is 9.44. The highest BCUT2D eigenvalue weighted by molar-refractivity contribution is 6.30. The van der Waals surface area contributed by atoms with Gasteiger partial charge in [-0.2, -0.15) is 0 Å². The van der Waals surface area contributed by atoms with Crippen molar-refractivity contribution in [3.05, 3.63) is 52.4 Å². The molecule has 2 atom stereocenters. The number of anilines is 1. The van der Waals surface area contributed by atoms with Gasteiger partial charge in [0.05, 0.1) is 5.92 Å². The van der Waals surface area contributed by atoms with Crippen molar-refractivity contribution in [3.63, 3.8) is 0 Å². The quantitative estimate of drug-likeness (QED) is 0.665. The van der Waals surface area contributed by atoms with Gasteiger partial charge in [-0.05, 0) is 50.3 Å². The van der Waals surface area contributed by atoms with Crippen LogP contribution in [0.25, 0.3) is 0 Å². The molecule has 2 amide bonds. The van der Waals surface area contributed by atoms with Crippen molar-refractivity contribution >= 4 is 29.4 Å². The van der Waals surface area contributed by atoms with Gasteiger partial charge >= 0.3 is 6.09 Å². The number of benzene rings is 1. The summed E-state index contributed by atoms with van der Waals surface area (Å²) in [6, 6.07) is 6.87. The largest absolute Gasteiger partial charge is 0.465 e. The Labute approximate surface area is 205 Å². The maximum absolute atomic E-state index is 13.7. The van der Waals surface area contributed by atoms with Crippen molar-refractivity contribution in [2.24, 2.45) is 0 Å². The number of aromatic nitrogens is 2. The number of piperazine rings is 1. The fraction of sp³-hybridized carbons (Fsp3) is 0.520. The molecule has 1 aromatic carbocycles. The minimum Gasteiger partial charge on any atom is -0.465 e. The van der Waals surface area contributed by atoms with Crippen LogP contribution in [0.15, 0.2) is 30.6 Å². The van der Waals surface area contributed by atoms with E-state index in [9.17, 15) is 14.7 Å². The van der Waals surface area contributed by atoms with Crippen molar-refractivity contribution in [3.8, 4) is 0 Å². The summed E-state index contributed by atoms with van der Waals surface area (Å²) in [7, 11) is 0. The average Bonchev–Trinajstić information content (AvgIpc) is 3.21. The Morgan fingerprint density at radius 1 is 1.15 bits per heavy atom. The third-order valence-electron chi connectivity index (χ3n) is 6.96. The van der Waals surface area contributed by atoms with E-state index in [0.29, 0.717) is 37.1 Å². The first kappa shape index (κ1) is 24.3. The monoisotopic (exact) mass is 485 g/mol. The fourth-order valence-electron chi connectivity index (χ4n) is 4.96. The molecular weight excluding hydrogens is 454 g/mol. The van der Waals surface area contributed by atoms with Crippen LogP contribution >= 0.6 is 11.6 Å². The lowest BCUT2D eigenvalue weighted by molar-refractivity contribution is -0.133. The molecule has 1 fully saturated rings. The molecule has 9 heteroatoms. The average molecular weight is 486 g/mol. The number of fused-ring (bicyclic) bond motifs is 1. The van der Waals surface area contributed by atoms with Gasteiger partial charge in [-0.15, -0.1) is 0 Å². The predicted molar refractivity (Wildman–Crippen MR) is 132 cm³/mol. The fourth-order valence-corrected chi connectivity index (χ4v) is 5.09. The molecule has 1 saturated heterocycles. The Morgan fingerprint density at radius 2 is 1.82 bits per heavy atom. The van der Waals surface area contributed by atoms with E-state index < -0.39 is 12.0 Å². The number of halogens is 1. The maximum atomic E-state index is 13.7. The Hall–Kier alpha value is -2.87. The second kappa shape index (κ2) is 10.2. The lowest BCUT2D eigenvalue weighted by Gasteiger charge is -2.38. The van der Waals surface area contributed by atoms with E-state index >= 15 is 0 Å². The molecule has 0 spiro atoms. The Kier molecular flexibility index (Phi) is 7.26. The van der Waals surface area contributed by atoms with Gasteiger partial charge < -0.3 is 19.8 Å². The van der Waals surface area contributed by atoms with Crippen LogP contribution in [0.1, 0.15) is 55.8 Å². The molecule has 8 nitrogen and oxygen atoms in total. The molecule has 0 bridgehead atoms. The summed E-state index contributed by atoms with van der Waals surface area (Å²) < 4.78 is 0. The first-order valence-electron chi connectivity index (χ1n) is 11.9. The lowest BCUT2D eigenvalue weighted by Crippen LogP contribution is -2.52. The van der Waals surface area contributed by atoms with E-state index in [1.54, 1.807) is 18.5 Å². The molecule has 1 unspecified atom stereocenters. The number of hydrogen-bond donors (Lipinski definition) is 1. The van der Waals surface area contributed by atoms with Gasteiger partial charge in [-0.3, -0.25) is 4.79 Å². The summed E-state index contributed by atoms with van der Waals surface area (Å²) >= 11 is 6.06. The van der Waals surface area contributed by atoms with E-state index in [0.717, 1.165) is 29.9 Å². The normalized spacial score (nSPS) is 18.7. The van der Waals surface area contributed by atoms with Gasteiger partial charge in [0.2, 0.25) is 5.91 Å². The van der Waals surface area contributed by atoms with E-state index in [1.807, 2.05) is 30.9 Å². The zero-order valence-corrected chi connectivity index (χ0v) is 20.7. The van der Waals surface area contributed by atoms with Gasteiger partial charge in [0, 0.05) is 55.0 Å². The number of hydrogen-bond acceptors (Lipinski definition) is 5. The van der Waals surface area contributed by atoms with Crippen LogP contribution < -0.4 is 4.90 Å². The van der Waals surface area contributed by atoms with Crippen molar-refractivity contribution in [1.82, 2.24) is 19.8 Å². The molecule has 2 aliphatic rings. The van der Waals surface area contributed by atoms with E-state index in [1.165, 1.54) is 10.5 Å². The number of carboxylic acid groups (broad SMARTS) is 1. The third-order valence-corrected chi connectivity index (χ3v) is 7.21. The molecule has 1 aliphatic heterocycles. The molecule has 182 valence electrons. The van der Waals surface area contributed by atoms with Gasteiger partial charge in [-0.25, -0.2) is 14.8 Å². The van der Waals surface area contributed by atoms with Crippen LogP contribution in [-0.4, -0.2) is 75.6 Å². The number of nitrogens with zero attached hydrogens (tertiary/aromatic N) is 5. The van der Waals surface area contributed by atoms with Crippen LogP contribution in [0.5, 0.6) is 0 Å². The number of aryl methyl sites for hydroxylation is 1. The van der Waals surface area contributed by atoms with Crippen LogP contribution in [0.3, 0.4) is 0 Å². The summed E-state index contributed by atoms with van der Waals surface area (Å²) in [4.78, 5) is 40.0. The zero-order chi connectivity index (χ0) is 24.4. The lowest BCUT2D eigenvalue weighted by atomic mass is 9.96. The van der Waals surface area contributed by atoms with Gasteiger partial charge in [0.15, 0.2) is 0 Å². The summed E-state index contributed by atoms with van der Waals surface area (Å²) in [6.45, 7) is 8.44. The molecule has 0 saturated carbocycles.